The van der Waals surface area contributed by atoms with Crippen molar-refractivity contribution >= 4 is 17.3 Å². The molecule has 9 heteroatoms. The zero-order valence-corrected chi connectivity index (χ0v) is 17.2. The van der Waals surface area contributed by atoms with E-state index >= 15 is 0 Å². The zero-order valence-electron chi connectivity index (χ0n) is 17.2. The zero-order chi connectivity index (χ0) is 22.3. The maximum atomic E-state index is 12.9. The molecular formula is C22H23F3N4O2. The summed E-state index contributed by atoms with van der Waals surface area (Å²) in [6.45, 7) is 3.19. The minimum Gasteiger partial charge on any atom is -0.399 e. The predicted octanol–water partition coefficient (Wildman–Crippen LogP) is 4.39. The topological polar surface area (TPSA) is 67.6 Å². The third kappa shape index (κ3) is 5.84. The van der Waals surface area contributed by atoms with Crippen molar-refractivity contribution in [1.29, 1.82) is 0 Å². The van der Waals surface area contributed by atoms with Gasteiger partial charge < -0.3 is 15.0 Å². The van der Waals surface area contributed by atoms with Crippen molar-refractivity contribution in [2.24, 2.45) is 15.3 Å². The third-order valence-electron chi connectivity index (χ3n) is 4.61. The van der Waals surface area contributed by atoms with Gasteiger partial charge in [-0.3, -0.25) is 4.99 Å². The van der Waals surface area contributed by atoms with Crippen LogP contribution in [0.2, 0.25) is 0 Å². The molecule has 2 aromatic carbocycles. The molecule has 0 atom stereocenters. The van der Waals surface area contributed by atoms with Gasteiger partial charge in [-0.25, -0.2) is 0 Å². The lowest BCUT2D eigenvalue weighted by molar-refractivity contribution is -0.137. The molecule has 0 amide bonds. The van der Waals surface area contributed by atoms with E-state index in [1.54, 1.807) is 13.0 Å². The molecule has 0 fully saturated rings. The summed E-state index contributed by atoms with van der Waals surface area (Å²) in [5, 5.41) is 11.4. The molecule has 1 aliphatic heterocycles. The maximum Gasteiger partial charge on any atom is 0.416 e. The van der Waals surface area contributed by atoms with E-state index in [9.17, 15) is 13.2 Å². The van der Waals surface area contributed by atoms with Crippen molar-refractivity contribution in [2.75, 3.05) is 20.2 Å². The Kier molecular flexibility index (Phi) is 7.28. The van der Waals surface area contributed by atoms with Gasteiger partial charge in [0.25, 0.3) is 0 Å². The summed E-state index contributed by atoms with van der Waals surface area (Å²) in [5.74, 6) is 0.643. The van der Waals surface area contributed by atoms with Gasteiger partial charge in [-0.1, -0.05) is 46.7 Å². The van der Waals surface area contributed by atoms with Crippen LogP contribution in [0.1, 0.15) is 35.6 Å². The van der Waals surface area contributed by atoms with Crippen LogP contribution in [0.15, 0.2) is 63.8 Å². The number of hydrogen-bond donors (Lipinski definition) is 1. The standard InChI is InChI=1S/C22H23F3N4O2/c1-15(16-8-5-9-18(13-16)22(23,24)25)28-31-14-17-7-3-4-10-19(17)20(29-30-2)21-26-11-6-12-27-21/h3-5,7-10,13H,6,11-12,14H2,1-2H3,(H,26,27). The van der Waals surface area contributed by atoms with Crippen LogP contribution in [0, 0.1) is 0 Å². The van der Waals surface area contributed by atoms with E-state index in [2.05, 4.69) is 20.6 Å². The first-order valence-corrected chi connectivity index (χ1v) is 9.72. The van der Waals surface area contributed by atoms with Gasteiger partial charge in [0, 0.05) is 24.2 Å². The fraction of sp³-hybridized carbons (Fsp3) is 0.318. The molecule has 0 aromatic heterocycles. The number of rotatable bonds is 7. The molecule has 1 heterocycles. The van der Waals surface area contributed by atoms with E-state index in [1.807, 2.05) is 24.3 Å². The molecular weight excluding hydrogens is 409 g/mol. The highest BCUT2D eigenvalue weighted by Crippen LogP contribution is 2.29. The van der Waals surface area contributed by atoms with Crippen LogP contribution in [-0.2, 0) is 22.5 Å². The van der Waals surface area contributed by atoms with Crippen molar-refractivity contribution < 1.29 is 22.8 Å². The highest BCUT2D eigenvalue weighted by atomic mass is 19.4. The number of oxime groups is 2. The molecule has 0 aliphatic carbocycles. The summed E-state index contributed by atoms with van der Waals surface area (Å²) in [7, 11) is 1.46. The fourth-order valence-corrected chi connectivity index (χ4v) is 3.05. The fourth-order valence-electron chi connectivity index (χ4n) is 3.05. The van der Waals surface area contributed by atoms with Crippen LogP contribution in [0.5, 0.6) is 0 Å². The molecule has 0 saturated heterocycles. The first-order chi connectivity index (χ1) is 14.9. The van der Waals surface area contributed by atoms with Crippen molar-refractivity contribution in [3.63, 3.8) is 0 Å². The van der Waals surface area contributed by atoms with Gasteiger partial charge in [-0.15, -0.1) is 0 Å². The second-order valence-electron chi connectivity index (χ2n) is 6.82. The van der Waals surface area contributed by atoms with Crippen LogP contribution in [-0.4, -0.2) is 37.5 Å². The van der Waals surface area contributed by atoms with E-state index in [0.29, 0.717) is 29.4 Å². The van der Waals surface area contributed by atoms with Gasteiger partial charge in [0.2, 0.25) is 0 Å². The monoisotopic (exact) mass is 432 g/mol. The third-order valence-corrected chi connectivity index (χ3v) is 4.61. The number of aliphatic imine (C=N–C) groups is 1. The first kappa shape index (κ1) is 22.3. The minimum absolute atomic E-state index is 0.0997. The second kappa shape index (κ2) is 10.1. The first-order valence-electron chi connectivity index (χ1n) is 9.72. The molecule has 0 unspecified atom stereocenters. The average Bonchev–Trinajstić information content (AvgIpc) is 2.78. The molecule has 2 aromatic rings. The van der Waals surface area contributed by atoms with Crippen molar-refractivity contribution in [2.45, 2.75) is 26.1 Å². The Morgan fingerprint density at radius 2 is 1.94 bits per heavy atom. The number of nitrogens with one attached hydrogen (secondary N) is 1. The molecule has 0 spiro atoms. The largest absolute Gasteiger partial charge is 0.416 e. The summed E-state index contributed by atoms with van der Waals surface area (Å²) in [6.07, 6.45) is -3.47. The van der Waals surface area contributed by atoms with Gasteiger partial charge in [-0.05, 0) is 31.0 Å². The van der Waals surface area contributed by atoms with E-state index in [0.717, 1.165) is 36.2 Å². The number of nitrogens with zero attached hydrogens (tertiary/aromatic N) is 3. The maximum absolute atomic E-state index is 12.9. The lowest BCUT2D eigenvalue weighted by Crippen LogP contribution is -2.36. The quantitative estimate of drug-likeness (QED) is 0.521. The predicted molar refractivity (Wildman–Crippen MR) is 113 cm³/mol. The van der Waals surface area contributed by atoms with Crippen LogP contribution >= 0.6 is 0 Å². The van der Waals surface area contributed by atoms with Gasteiger partial charge in [-0.2, -0.15) is 13.2 Å². The molecule has 0 bridgehead atoms. The van der Waals surface area contributed by atoms with E-state index in [-0.39, 0.29) is 6.61 Å². The lowest BCUT2D eigenvalue weighted by Gasteiger charge is -2.17. The van der Waals surface area contributed by atoms with Crippen LogP contribution in [0.25, 0.3) is 0 Å². The van der Waals surface area contributed by atoms with Crippen molar-refractivity contribution in [1.82, 2.24) is 5.32 Å². The summed E-state index contributed by atoms with van der Waals surface area (Å²) in [4.78, 5) is 15.0. The SMILES string of the molecule is CON=C(C1=NCCCN1)c1ccccc1CON=C(C)c1cccc(C(F)(F)F)c1. The molecule has 0 saturated carbocycles. The highest BCUT2D eigenvalue weighted by Gasteiger charge is 2.30. The number of halogens is 3. The lowest BCUT2D eigenvalue weighted by atomic mass is 10.0. The summed E-state index contributed by atoms with van der Waals surface area (Å²) in [5.41, 5.74) is 2.06. The Bertz CT molecular complexity index is 1000. The summed E-state index contributed by atoms with van der Waals surface area (Å²) >= 11 is 0. The number of hydrogen-bond acceptors (Lipinski definition) is 6. The number of amidine groups is 1. The molecule has 6 nitrogen and oxygen atoms in total. The molecule has 1 aliphatic rings. The molecule has 3 rings (SSSR count). The van der Waals surface area contributed by atoms with Crippen LogP contribution < -0.4 is 5.32 Å². The Hall–Kier alpha value is -3.36. The van der Waals surface area contributed by atoms with Crippen LogP contribution in [0.3, 0.4) is 0 Å². The summed E-state index contributed by atoms with van der Waals surface area (Å²) < 4.78 is 38.8. The van der Waals surface area contributed by atoms with E-state index < -0.39 is 11.7 Å². The molecule has 164 valence electrons. The molecule has 31 heavy (non-hydrogen) atoms. The number of alkyl halides is 3. The average molecular weight is 432 g/mol. The van der Waals surface area contributed by atoms with E-state index in [1.165, 1.54) is 13.2 Å². The number of benzene rings is 2. The Morgan fingerprint density at radius 1 is 1.13 bits per heavy atom. The Morgan fingerprint density at radius 3 is 2.65 bits per heavy atom. The normalized spacial score (nSPS) is 15.2. The van der Waals surface area contributed by atoms with Crippen molar-refractivity contribution in [3.8, 4) is 0 Å². The van der Waals surface area contributed by atoms with Gasteiger partial charge in [0.1, 0.15) is 13.7 Å². The summed E-state index contributed by atoms with van der Waals surface area (Å²) in [6, 6.07) is 12.4. The Labute approximate surface area is 178 Å². The van der Waals surface area contributed by atoms with Crippen molar-refractivity contribution in [3.05, 3.63) is 70.8 Å². The van der Waals surface area contributed by atoms with Gasteiger partial charge >= 0.3 is 6.18 Å². The van der Waals surface area contributed by atoms with E-state index in [4.69, 9.17) is 9.68 Å². The van der Waals surface area contributed by atoms with Gasteiger partial charge in [0.15, 0.2) is 11.5 Å². The Balaban J connectivity index is 1.78. The second-order valence-corrected chi connectivity index (χ2v) is 6.82. The highest BCUT2D eigenvalue weighted by molar-refractivity contribution is 6.47. The van der Waals surface area contributed by atoms with Crippen LogP contribution in [0.4, 0.5) is 13.2 Å². The molecule has 0 radical (unpaired) electrons. The molecule has 1 N–H and O–H groups in total. The smallest absolute Gasteiger partial charge is 0.399 e. The van der Waals surface area contributed by atoms with Gasteiger partial charge in [0.05, 0.1) is 11.3 Å². The minimum atomic E-state index is -4.41.